The average molecular weight is 415 g/mol. The third-order valence-electron chi connectivity index (χ3n) is 4.64. The van der Waals surface area contributed by atoms with E-state index in [0.29, 0.717) is 16.9 Å². The quantitative estimate of drug-likeness (QED) is 0.515. The Balaban J connectivity index is 2.01. The number of anilines is 1. The van der Waals surface area contributed by atoms with Crippen molar-refractivity contribution in [2.75, 3.05) is 5.32 Å². The molecule has 0 bridgehead atoms. The second kappa shape index (κ2) is 7.92. The molecule has 9 heteroatoms. The van der Waals surface area contributed by atoms with Gasteiger partial charge in [0.05, 0.1) is 16.5 Å². The van der Waals surface area contributed by atoms with Crippen molar-refractivity contribution >= 4 is 34.9 Å². The van der Waals surface area contributed by atoms with Gasteiger partial charge in [-0.15, -0.1) is 0 Å². The van der Waals surface area contributed by atoms with Gasteiger partial charge < -0.3 is 16.0 Å². The summed E-state index contributed by atoms with van der Waals surface area (Å²) in [5, 5.41) is 19.3. The minimum Gasteiger partial charge on any atom is -0.327 e. The number of nitrogens with zero attached hydrogens (tertiary/aromatic N) is 1. The van der Waals surface area contributed by atoms with Gasteiger partial charge in [0.15, 0.2) is 0 Å². The number of hydrogen-bond donors (Lipinski definition) is 3. The molecular formula is C20H19ClN4O4. The molecule has 29 heavy (non-hydrogen) atoms. The molecule has 1 unspecified atom stereocenters. The third-order valence-corrected chi connectivity index (χ3v) is 4.96. The van der Waals surface area contributed by atoms with Gasteiger partial charge in [-0.05, 0) is 44.0 Å². The zero-order chi connectivity index (χ0) is 21.3. The fraction of sp³-hybridized carbons (Fsp3) is 0.200. The lowest BCUT2D eigenvalue weighted by molar-refractivity contribution is -0.384. The zero-order valence-corrected chi connectivity index (χ0v) is 16.8. The van der Waals surface area contributed by atoms with Crippen LogP contribution in [-0.2, 0) is 4.79 Å². The van der Waals surface area contributed by atoms with E-state index < -0.39 is 22.9 Å². The van der Waals surface area contributed by atoms with E-state index in [1.54, 1.807) is 19.1 Å². The zero-order valence-electron chi connectivity index (χ0n) is 16.0. The standard InChI is InChI=1S/C20H19ClN4O4/c1-10-4-7-15(11(2)8-10)23-19(26)17-12(3)22-20(27)24-18(17)13-5-6-14(21)16(9-13)25(28)29/h4-9,18H,1-3H3,(H,23,26)(H2,22,24,27). The Bertz CT molecular complexity index is 1060. The molecule has 0 radical (unpaired) electrons. The molecule has 3 rings (SSSR count). The van der Waals surface area contributed by atoms with E-state index in [1.807, 2.05) is 26.0 Å². The lowest BCUT2D eigenvalue weighted by Crippen LogP contribution is -2.46. The van der Waals surface area contributed by atoms with E-state index in [4.69, 9.17) is 11.6 Å². The summed E-state index contributed by atoms with van der Waals surface area (Å²) in [7, 11) is 0. The molecular weight excluding hydrogens is 396 g/mol. The number of carbonyl (C=O) groups is 2. The van der Waals surface area contributed by atoms with Gasteiger partial charge in [0.25, 0.3) is 11.6 Å². The van der Waals surface area contributed by atoms with Gasteiger partial charge in [-0.25, -0.2) is 4.79 Å². The van der Waals surface area contributed by atoms with Crippen LogP contribution >= 0.6 is 11.6 Å². The number of amides is 3. The van der Waals surface area contributed by atoms with Gasteiger partial charge in [-0.3, -0.25) is 14.9 Å². The molecule has 0 saturated carbocycles. The molecule has 0 aliphatic carbocycles. The van der Waals surface area contributed by atoms with E-state index in [2.05, 4.69) is 16.0 Å². The molecule has 0 saturated heterocycles. The minimum atomic E-state index is -0.870. The molecule has 1 atom stereocenters. The van der Waals surface area contributed by atoms with Crippen molar-refractivity contribution in [3.05, 3.63) is 79.5 Å². The van der Waals surface area contributed by atoms with Crippen molar-refractivity contribution in [2.45, 2.75) is 26.8 Å². The Morgan fingerprint density at radius 3 is 2.55 bits per heavy atom. The first kappa shape index (κ1) is 20.3. The van der Waals surface area contributed by atoms with Gasteiger partial charge in [-0.1, -0.05) is 35.4 Å². The summed E-state index contributed by atoms with van der Waals surface area (Å²) in [6.07, 6.45) is 0. The Kier molecular flexibility index (Phi) is 5.56. The number of allylic oxidation sites excluding steroid dienone is 1. The summed E-state index contributed by atoms with van der Waals surface area (Å²) in [6, 6.07) is 8.43. The number of rotatable bonds is 4. The highest BCUT2D eigenvalue weighted by Gasteiger charge is 2.32. The van der Waals surface area contributed by atoms with Gasteiger partial charge in [0, 0.05) is 17.5 Å². The van der Waals surface area contributed by atoms with Crippen molar-refractivity contribution in [2.24, 2.45) is 0 Å². The number of benzene rings is 2. The van der Waals surface area contributed by atoms with Crippen LogP contribution in [0.2, 0.25) is 5.02 Å². The first-order valence-corrected chi connectivity index (χ1v) is 9.16. The highest BCUT2D eigenvalue weighted by molar-refractivity contribution is 6.32. The molecule has 0 aromatic heterocycles. The summed E-state index contributed by atoms with van der Waals surface area (Å²) >= 11 is 5.89. The van der Waals surface area contributed by atoms with Crippen molar-refractivity contribution in [3.63, 3.8) is 0 Å². The molecule has 1 aliphatic rings. The van der Waals surface area contributed by atoms with E-state index >= 15 is 0 Å². The van der Waals surface area contributed by atoms with E-state index in [-0.39, 0.29) is 16.3 Å². The first-order valence-electron chi connectivity index (χ1n) is 8.78. The van der Waals surface area contributed by atoms with Crippen LogP contribution in [0.3, 0.4) is 0 Å². The van der Waals surface area contributed by atoms with E-state index in [1.165, 1.54) is 12.1 Å². The maximum atomic E-state index is 13.1. The summed E-state index contributed by atoms with van der Waals surface area (Å²) in [5.74, 6) is -0.426. The minimum absolute atomic E-state index is 0.0269. The highest BCUT2D eigenvalue weighted by atomic mass is 35.5. The molecule has 3 N–H and O–H groups in total. The number of carbonyl (C=O) groups excluding carboxylic acids is 2. The lowest BCUT2D eigenvalue weighted by atomic mass is 9.94. The van der Waals surface area contributed by atoms with Crippen LogP contribution in [0.25, 0.3) is 0 Å². The fourth-order valence-corrected chi connectivity index (χ4v) is 3.42. The van der Waals surface area contributed by atoms with Gasteiger partial charge in [-0.2, -0.15) is 0 Å². The molecule has 2 aromatic rings. The maximum absolute atomic E-state index is 13.1. The number of halogens is 1. The number of nitro benzene ring substituents is 1. The van der Waals surface area contributed by atoms with Crippen molar-refractivity contribution in [3.8, 4) is 0 Å². The molecule has 0 spiro atoms. The topological polar surface area (TPSA) is 113 Å². The Morgan fingerprint density at radius 2 is 1.90 bits per heavy atom. The molecule has 1 aliphatic heterocycles. The second-order valence-corrected chi connectivity index (χ2v) is 7.22. The first-order chi connectivity index (χ1) is 13.7. The Labute approximate surface area is 172 Å². The van der Waals surface area contributed by atoms with E-state index in [0.717, 1.165) is 11.1 Å². The van der Waals surface area contributed by atoms with Crippen LogP contribution in [0.15, 0.2) is 47.7 Å². The predicted octanol–water partition coefficient (Wildman–Crippen LogP) is 4.13. The number of urea groups is 1. The smallest absolute Gasteiger partial charge is 0.319 e. The molecule has 3 amide bonds. The van der Waals surface area contributed by atoms with Crippen LogP contribution in [0, 0.1) is 24.0 Å². The van der Waals surface area contributed by atoms with Crippen molar-refractivity contribution < 1.29 is 14.5 Å². The average Bonchev–Trinajstić information content (AvgIpc) is 2.63. The molecule has 2 aromatic carbocycles. The molecule has 0 fully saturated rings. The Morgan fingerprint density at radius 1 is 1.17 bits per heavy atom. The fourth-order valence-electron chi connectivity index (χ4n) is 3.24. The Hall–Kier alpha value is -3.39. The van der Waals surface area contributed by atoms with E-state index in [9.17, 15) is 19.7 Å². The summed E-state index contributed by atoms with van der Waals surface area (Å²) < 4.78 is 0. The predicted molar refractivity (Wildman–Crippen MR) is 110 cm³/mol. The summed E-state index contributed by atoms with van der Waals surface area (Å²) in [5.41, 5.74) is 3.28. The van der Waals surface area contributed by atoms with Crippen LogP contribution < -0.4 is 16.0 Å². The normalized spacial score (nSPS) is 16.1. The van der Waals surface area contributed by atoms with Gasteiger partial charge in [0.1, 0.15) is 5.02 Å². The second-order valence-electron chi connectivity index (χ2n) is 6.81. The number of hydrogen-bond acceptors (Lipinski definition) is 4. The number of nitro groups is 1. The van der Waals surface area contributed by atoms with Crippen LogP contribution in [0.4, 0.5) is 16.2 Å². The maximum Gasteiger partial charge on any atom is 0.319 e. The van der Waals surface area contributed by atoms with Crippen molar-refractivity contribution in [1.82, 2.24) is 10.6 Å². The van der Waals surface area contributed by atoms with Crippen molar-refractivity contribution in [1.29, 1.82) is 0 Å². The molecule has 8 nitrogen and oxygen atoms in total. The number of aryl methyl sites for hydroxylation is 2. The monoisotopic (exact) mass is 414 g/mol. The molecule has 150 valence electrons. The number of nitrogens with one attached hydrogen (secondary N) is 3. The summed E-state index contributed by atoms with van der Waals surface area (Å²) in [4.78, 5) is 35.7. The summed E-state index contributed by atoms with van der Waals surface area (Å²) in [6.45, 7) is 5.44. The largest absolute Gasteiger partial charge is 0.327 e. The van der Waals surface area contributed by atoms with Gasteiger partial charge in [0.2, 0.25) is 0 Å². The SMILES string of the molecule is CC1=C(C(=O)Nc2ccc(C)cc2C)C(c2ccc(Cl)c([N+](=O)[O-])c2)NC(=O)N1. The van der Waals surface area contributed by atoms with Gasteiger partial charge >= 0.3 is 6.03 Å². The highest BCUT2D eigenvalue weighted by Crippen LogP contribution is 2.33. The third kappa shape index (κ3) is 4.22. The van der Waals surface area contributed by atoms with Crippen LogP contribution in [-0.4, -0.2) is 16.9 Å². The molecule has 1 heterocycles. The van der Waals surface area contributed by atoms with Crippen LogP contribution in [0.5, 0.6) is 0 Å². The van der Waals surface area contributed by atoms with Crippen LogP contribution in [0.1, 0.15) is 29.7 Å². The lowest BCUT2D eigenvalue weighted by Gasteiger charge is -2.28.